The van der Waals surface area contributed by atoms with Gasteiger partial charge in [0.05, 0.1) is 18.5 Å². The van der Waals surface area contributed by atoms with Gasteiger partial charge in [-0.05, 0) is 65.8 Å². The van der Waals surface area contributed by atoms with Crippen LogP contribution in [0.4, 0.5) is 13.2 Å². The van der Waals surface area contributed by atoms with Crippen LogP contribution in [0.2, 0.25) is 0 Å². The molecule has 0 spiro atoms. The van der Waals surface area contributed by atoms with E-state index in [-0.39, 0.29) is 5.69 Å². The molecular formula is C18H15F3N2O2S. The first kappa shape index (κ1) is 18.3. The first-order chi connectivity index (χ1) is 12.3. The molecule has 1 aromatic heterocycles. The minimum absolute atomic E-state index is 0.288. The quantitative estimate of drug-likeness (QED) is 0.634. The second-order valence-corrected chi connectivity index (χ2v) is 6.88. The van der Waals surface area contributed by atoms with Gasteiger partial charge < -0.3 is 9.29 Å². The second-order valence-electron chi connectivity index (χ2n) is 5.50. The molecule has 0 bridgehead atoms. The Morgan fingerprint density at radius 2 is 1.65 bits per heavy atom. The summed E-state index contributed by atoms with van der Waals surface area (Å²) in [6.07, 6.45) is -3.02. The second kappa shape index (κ2) is 7.05. The van der Waals surface area contributed by atoms with E-state index in [0.717, 1.165) is 6.07 Å². The number of hydrogen-bond donors (Lipinski definition) is 0. The molecule has 0 fully saturated rings. The zero-order valence-electron chi connectivity index (χ0n) is 13.9. The van der Waals surface area contributed by atoms with E-state index in [0.29, 0.717) is 21.9 Å². The van der Waals surface area contributed by atoms with Crippen LogP contribution in [0.25, 0.3) is 16.9 Å². The van der Waals surface area contributed by atoms with Crippen molar-refractivity contribution in [2.24, 2.45) is 0 Å². The average Bonchev–Trinajstić information content (AvgIpc) is 3.07. The molecule has 0 aliphatic carbocycles. The highest BCUT2D eigenvalue weighted by atomic mass is 32.2. The Bertz CT molecular complexity index is 888. The van der Waals surface area contributed by atoms with Crippen molar-refractivity contribution in [3.8, 4) is 22.7 Å². The van der Waals surface area contributed by atoms with E-state index in [1.54, 1.807) is 54.8 Å². The summed E-state index contributed by atoms with van der Waals surface area (Å²) >= 11 is -1.16. The van der Waals surface area contributed by atoms with Crippen molar-refractivity contribution in [2.75, 3.05) is 13.4 Å². The lowest BCUT2D eigenvalue weighted by molar-refractivity contribution is -0.141. The van der Waals surface area contributed by atoms with Crippen molar-refractivity contribution >= 4 is 11.2 Å². The molecule has 3 aromatic rings. The molecule has 0 aliphatic heterocycles. The summed E-state index contributed by atoms with van der Waals surface area (Å²) in [4.78, 5) is 0.598. The number of nitrogens with zero attached hydrogens (tertiary/aromatic N) is 2. The lowest BCUT2D eigenvalue weighted by Crippen LogP contribution is -2.07. The molecule has 0 radical (unpaired) electrons. The van der Waals surface area contributed by atoms with Crippen molar-refractivity contribution in [1.29, 1.82) is 0 Å². The molecule has 26 heavy (non-hydrogen) atoms. The van der Waals surface area contributed by atoms with E-state index in [1.807, 2.05) is 0 Å². The number of methoxy groups -OCH3 is 1. The fourth-order valence-corrected chi connectivity index (χ4v) is 2.98. The van der Waals surface area contributed by atoms with Gasteiger partial charge in [-0.2, -0.15) is 18.3 Å². The minimum Gasteiger partial charge on any atom is -0.612 e. The van der Waals surface area contributed by atoms with Crippen molar-refractivity contribution < 1.29 is 22.5 Å². The first-order valence-corrected chi connectivity index (χ1v) is 9.11. The molecule has 8 heteroatoms. The molecule has 1 atom stereocenters. The molecule has 3 rings (SSSR count). The molecule has 0 aliphatic rings. The summed E-state index contributed by atoms with van der Waals surface area (Å²) in [6, 6.07) is 14.1. The van der Waals surface area contributed by atoms with Gasteiger partial charge in [0.15, 0.2) is 10.6 Å². The average molecular weight is 380 g/mol. The molecule has 0 N–H and O–H groups in total. The van der Waals surface area contributed by atoms with Crippen LogP contribution in [-0.2, 0) is 17.4 Å². The van der Waals surface area contributed by atoms with Crippen LogP contribution in [0.5, 0.6) is 5.75 Å². The summed E-state index contributed by atoms with van der Waals surface area (Å²) in [6.45, 7) is 0. The van der Waals surface area contributed by atoms with Crippen LogP contribution < -0.4 is 4.74 Å². The maximum Gasteiger partial charge on any atom is 0.435 e. The fraction of sp³-hybridized carbons (Fsp3) is 0.167. The Morgan fingerprint density at radius 3 is 2.15 bits per heavy atom. The zero-order valence-corrected chi connectivity index (χ0v) is 14.8. The number of ether oxygens (including phenoxy) is 1. The highest BCUT2D eigenvalue weighted by Gasteiger charge is 2.35. The van der Waals surface area contributed by atoms with Gasteiger partial charge in [0, 0.05) is 5.56 Å². The lowest BCUT2D eigenvalue weighted by atomic mass is 10.1. The Hall–Kier alpha value is -2.45. The summed E-state index contributed by atoms with van der Waals surface area (Å²) in [5, 5.41) is 3.73. The SMILES string of the molecule is COc1ccc(-n2nc(C(F)(F)F)cc2-c2ccc([S+](C)[O-])cc2)cc1. The number of hydrogen-bond acceptors (Lipinski definition) is 3. The molecular weight excluding hydrogens is 365 g/mol. The molecule has 1 unspecified atom stereocenters. The van der Waals surface area contributed by atoms with Crippen molar-refractivity contribution in [2.45, 2.75) is 11.1 Å². The Labute approximate surface area is 151 Å². The van der Waals surface area contributed by atoms with Gasteiger partial charge in [-0.15, -0.1) is 0 Å². The predicted octanol–water partition coefficient (Wildman–Crippen LogP) is 4.30. The summed E-state index contributed by atoms with van der Waals surface area (Å²) in [5.41, 5.74) is 0.319. The molecule has 1 heterocycles. The normalized spacial score (nSPS) is 12.8. The smallest absolute Gasteiger partial charge is 0.435 e. The number of rotatable bonds is 4. The van der Waals surface area contributed by atoms with Gasteiger partial charge in [0.1, 0.15) is 12.0 Å². The minimum atomic E-state index is -4.56. The van der Waals surface area contributed by atoms with E-state index in [2.05, 4.69) is 5.10 Å². The fourth-order valence-electron chi connectivity index (χ4n) is 2.46. The largest absolute Gasteiger partial charge is 0.612 e. The van der Waals surface area contributed by atoms with Crippen LogP contribution in [-0.4, -0.2) is 27.7 Å². The van der Waals surface area contributed by atoms with Crippen LogP contribution in [0.1, 0.15) is 5.69 Å². The number of aromatic nitrogens is 2. The molecule has 2 aromatic carbocycles. The zero-order chi connectivity index (χ0) is 18.9. The van der Waals surface area contributed by atoms with Gasteiger partial charge in [-0.1, -0.05) is 0 Å². The van der Waals surface area contributed by atoms with E-state index >= 15 is 0 Å². The third-order valence-corrected chi connectivity index (χ3v) is 4.73. The summed E-state index contributed by atoms with van der Waals surface area (Å²) in [7, 11) is 1.51. The first-order valence-electron chi connectivity index (χ1n) is 7.55. The highest BCUT2D eigenvalue weighted by Crippen LogP contribution is 2.33. The maximum atomic E-state index is 13.2. The third-order valence-electron chi connectivity index (χ3n) is 3.80. The van der Waals surface area contributed by atoms with Gasteiger partial charge in [0.2, 0.25) is 0 Å². The number of halogens is 3. The standard InChI is InChI=1S/C18H15F3N2O2S/c1-25-14-7-5-13(6-8-14)23-16(11-17(22-23)18(19,20)21)12-3-9-15(10-4-12)26(2)24/h3-11H,1-2H3. The monoisotopic (exact) mass is 380 g/mol. The van der Waals surface area contributed by atoms with Crippen LogP contribution >= 0.6 is 0 Å². The molecule has 0 saturated carbocycles. The summed E-state index contributed by atoms with van der Waals surface area (Å²) in [5.74, 6) is 0.591. The number of benzene rings is 2. The lowest BCUT2D eigenvalue weighted by Gasteiger charge is -2.09. The van der Waals surface area contributed by atoms with Crippen molar-refractivity contribution in [3.05, 3.63) is 60.3 Å². The Morgan fingerprint density at radius 1 is 1.04 bits per heavy atom. The van der Waals surface area contributed by atoms with E-state index in [4.69, 9.17) is 4.74 Å². The van der Waals surface area contributed by atoms with Crippen LogP contribution in [0, 0.1) is 0 Å². The van der Waals surface area contributed by atoms with Gasteiger partial charge in [0.25, 0.3) is 0 Å². The molecule has 136 valence electrons. The van der Waals surface area contributed by atoms with Gasteiger partial charge >= 0.3 is 6.18 Å². The third kappa shape index (κ3) is 3.71. The molecule has 0 saturated heterocycles. The Balaban J connectivity index is 2.11. The summed E-state index contributed by atoms with van der Waals surface area (Å²) < 4.78 is 57.3. The van der Waals surface area contributed by atoms with E-state index in [9.17, 15) is 17.7 Å². The number of alkyl halides is 3. The van der Waals surface area contributed by atoms with Gasteiger partial charge in [-0.3, -0.25) is 0 Å². The predicted molar refractivity (Wildman–Crippen MR) is 92.9 cm³/mol. The topological polar surface area (TPSA) is 50.1 Å². The van der Waals surface area contributed by atoms with E-state index in [1.165, 1.54) is 11.8 Å². The Kier molecular flexibility index (Phi) is 4.97. The van der Waals surface area contributed by atoms with E-state index < -0.39 is 23.0 Å². The molecule has 4 nitrogen and oxygen atoms in total. The van der Waals surface area contributed by atoms with Gasteiger partial charge in [-0.25, -0.2) is 4.68 Å². The highest BCUT2D eigenvalue weighted by molar-refractivity contribution is 7.90. The van der Waals surface area contributed by atoms with Crippen molar-refractivity contribution in [1.82, 2.24) is 9.78 Å². The molecule has 0 amide bonds. The maximum absolute atomic E-state index is 13.2. The van der Waals surface area contributed by atoms with Crippen LogP contribution in [0.15, 0.2) is 59.5 Å². The van der Waals surface area contributed by atoms with Crippen molar-refractivity contribution in [3.63, 3.8) is 0 Å². The van der Waals surface area contributed by atoms with Crippen LogP contribution in [0.3, 0.4) is 0 Å².